The van der Waals surface area contributed by atoms with E-state index in [0.717, 1.165) is 12.8 Å². The summed E-state index contributed by atoms with van der Waals surface area (Å²) in [4.78, 5) is 0. The smallest absolute Gasteiger partial charge is 0.0593 e. The molecular formula is C8H16O3. The Hall–Kier alpha value is -0.120. The lowest BCUT2D eigenvalue weighted by atomic mass is 9.93. The van der Waals surface area contributed by atoms with E-state index in [1.807, 2.05) is 0 Å². The number of aliphatic hydroxyl groups is 3. The van der Waals surface area contributed by atoms with Gasteiger partial charge in [0.25, 0.3) is 0 Å². The van der Waals surface area contributed by atoms with Crippen LogP contribution in [-0.4, -0.2) is 34.6 Å². The molecule has 3 unspecified atom stereocenters. The van der Waals surface area contributed by atoms with Crippen LogP contribution in [0, 0.1) is 11.8 Å². The first-order valence-corrected chi connectivity index (χ1v) is 4.19. The molecule has 3 N–H and O–H groups in total. The molecule has 0 heterocycles. The molecule has 0 amide bonds. The molecule has 3 atom stereocenters. The second kappa shape index (κ2) is 4.04. The Morgan fingerprint density at radius 2 is 1.91 bits per heavy atom. The molecule has 0 bridgehead atoms. The van der Waals surface area contributed by atoms with E-state index in [2.05, 4.69) is 0 Å². The van der Waals surface area contributed by atoms with E-state index in [4.69, 9.17) is 10.2 Å². The zero-order valence-electron chi connectivity index (χ0n) is 6.61. The van der Waals surface area contributed by atoms with Gasteiger partial charge in [0.05, 0.1) is 6.10 Å². The Balaban J connectivity index is 2.40. The summed E-state index contributed by atoms with van der Waals surface area (Å²) in [7, 11) is 0. The Labute approximate surface area is 66.7 Å². The lowest BCUT2D eigenvalue weighted by molar-refractivity contribution is 0.0661. The van der Waals surface area contributed by atoms with Crippen LogP contribution in [-0.2, 0) is 0 Å². The quantitative estimate of drug-likeness (QED) is 0.533. The molecule has 1 saturated carbocycles. The van der Waals surface area contributed by atoms with Crippen molar-refractivity contribution in [1.82, 2.24) is 0 Å². The van der Waals surface area contributed by atoms with Gasteiger partial charge in [-0.2, -0.15) is 0 Å². The molecule has 3 nitrogen and oxygen atoms in total. The van der Waals surface area contributed by atoms with Crippen molar-refractivity contribution in [2.45, 2.75) is 25.4 Å². The Morgan fingerprint density at radius 1 is 1.18 bits per heavy atom. The molecule has 1 aliphatic rings. The third-order valence-corrected chi connectivity index (χ3v) is 2.64. The summed E-state index contributed by atoms with van der Waals surface area (Å²) in [6.07, 6.45) is 2.07. The van der Waals surface area contributed by atoms with Crippen molar-refractivity contribution in [3.63, 3.8) is 0 Å². The average molecular weight is 160 g/mol. The summed E-state index contributed by atoms with van der Waals surface area (Å²) < 4.78 is 0. The van der Waals surface area contributed by atoms with Crippen molar-refractivity contribution >= 4 is 0 Å². The second-order valence-electron chi connectivity index (χ2n) is 3.26. The number of hydrogen-bond acceptors (Lipinski definition) is 3. The van der Waals surface area contributed by atoms with E-state index < -0.39 is 0 Å². The van der Waals surface area contributed by atoms with Crippen LogP contribution in [0.3, 0.4) is 0 Å². The minimum atomic E-state index is -0.350. The molecule has 0 spiro atoms. The highest BCUT2D eigenvalue weighted by molar-refractivity contribution is 4.83. The van der Waals surface area contributed by atoms with Gasteiger partial charge in [0, 0.05) is 19.1 Å². The molecule has 1 rings (SSSR count). The van der Waals surface area contributed by atoms with E-state index in [1.165, 1.54) is 0 Å². The minimum absolute atomic E-state index is 0.00199. The van der Waals surface area contributed by atoms with Crippen LogP contribution >= 0.6 is 0 Å². The fraction of sp³-hybridized carbons (Fsp3) is 1.00. The average Bonchev–Trinajstić information content (AvgIpc) is 2.33. The predicted molar refractivity (Wildman–Crippen MR) is 41.0 cm³/mol. The van der Waals surface area contributed by atoms with Gasteiger partial charge < -0.3 is 15.3 Å². The SMILES string of the molecule is OCCC1CCC(O)C1CO. The van der Waals surface area contributed by atoms with Gasteiger partial charge in [-0.15, -0.1) is 0 Å². The van der Waals surface area contributed by atoms with Crippen molar-refractivity contribution in [1.29, 1.82) is 0 Å². The molecule has 0 aromatic carbocycles. The highest BCUT2D eigenvalue weighted by Gasteiger charge is 2.33. The zero-order chi connectivity index (χ0) is 8.27. The molecule has 1 fully saturated rings. The summed E-state index contributed by atoms with van der Waals surface area (Å²) in [5.74, 6) is 0.321. The molecule has 0 aromatic heterocycles. The van der Waals surface area contributed by atoms with Crippen LogP contribution < -0.4 is 0 Å². The van der Waals surface area contributed by atoms with Gasteiger partial charge in [0.15, 0.2) is 0 Å². The van der Waals surface area contributed by atoms with Crippen molar-refractivity contribution < 1.29 is 15.3 Å². The second-order valence-corrected chi connectivity index (χ2v) is 3.26. The fourth-order valence-electron chi connectivity index (χ4n) is 1.92. The highest BCUT2D eigenvalue weighted by atomic mass is 16.3. The van der Waals surface area contributed by atoms with Gasteiger partial charge in [-0.3, -0.25) is 0 Å². The monoisotopic (exact) mass is 160 g/mol. The third-order valence-electron chi connectivity index (χ3n) is 2.64. The van der Waals surface area contributed by atoms with Crippen LogP contribution in [0.5, 0.6) is 0 Å². The largest absolute Gasteiger partial charge is 0.396 e. The van der Waals surface area contributed by atoms with Crippen LogP contribution in [0.15, 0.2) is 0 Å². The van der Waals surface area contributed by atoms with E-state index >= 15 is 0 Å². The van der Waals surface area contributed by atoms with Crippen molar-refractivity contribution in [2.24, 2.45) is 11.8 Å². The molecule has 0 aliphatic heterocycles. The summed E-state index contributed by atoms with van der Waals surface area (Å²) in [6.45, 7) is 0.208. The maximum absolute atomic E-state index is 9.34. The lowest BCUT2D eigenvalue weighted by Crippen LogP contribution is -2.23. The van der Waals surface area contributed by atoms with E-state index in [9.17, 15) is 5.11 Å². The van der Waals surface area contributed by atoms with Crippen LogP contribution in [0.4, 0.5) is 0 Å². The molecule has 66 valence electrons. The van der Waals surface area contributed by atoms with Gasteiger partial charge in [0.1, 0.15) is 0 Å². The summed E-state index contributed by atoms with van der Waals surface area (Å²) in [6, 6.07) is 0. The van der Waals surface area contributed by atoms with Crippen LogP contribution in [0.2, 0.25) is 0 Å². The van der Waals surface area contributed by atoms with Gasteiger partial charge in [-0.25, -0.2) is 0 Å². The summed E-state index contributed by atoms with van der Waals surface area (Å²) >= 11 is 0. The van der Waals surface area contributed by atoms with Crippen molar-refractivity contribution in [3.8, 4) is 0 Å². The molecular weight excluding hydrogens is 144 g/mol. The third kappa shape index (κ3) is 1.92. The molecule has 3 heteroatoms. The van der Waals surface area contributed by atoms with Crippen molar-refractivity contribution in [3.05, 3.63) is 0 Å². The van der Waals surface area contributed by atoms with Gasteiger partial charge >= 0.3 is 0 Å². The highest BCUT2D eigenvalue weighted by Crippen LogP contribution is 2.33. The summed E-state index contributed by atoms with van der Waals surface area (Å²) in [5, 5.41) is 26.9. The molecule has 0 radical (unpaired) electrons. The fourth-order valence-corrected chi connectivity index (χ4v) is 1.92. The first-order valence-electron chi connectivity index (χ1n) is 4.19. The van der Waals surface area contributed by atoms with Gasteiger partial charge in [-0.05, 0) is 25.2 Å². The Morgan fingerprint density at radius 3 is 2.45 bits per heavy atom. The number of aliphatic hydroxyl groups excluding tert-OH is 3. The van der Waals surface area contributed by atoms with E-state index in [0.29, 0.717) is 12.3 Å². The lowest BCUT2D eigenvalue weighted by Gasteiger charge is -2.18. The minimum Gasteiger partial charge on any atom is -0.396 e. The normalized spacial score (nSPS) is 37.9. The number of hydrogen-bond donors (Lipinski definition) is 3. The molecule has 0 aromatic rings. The van der Waals surface area contributed by atoms with Gasteiger partial charge in [-0.1, -0.05) is 0 Å². The van der Waals surface area contributed by atoms with E-state index in [-0.39, 0.29) is 25.2 Å². The molecule has 0 saturated heterocycles. The van der Waals surface area contributed by atoms with E-state index in [1.54, 1.807) is 0 Å². The summed E-state index contributed by atoms with van der Waals surface area (Å²) in [5.41, 5.74) is 0. The first-order chi connectivity index (χ1) is 5.29. The maximum Gasteiger partial charge on any atom is 0.0593 e. The van der Waals surface area contributed by atoms with Crippen molar-refractivity contribution in [2.75, 3.05) is 13.2 Å². The Bertz CT molecular complexity index is 114. The van der Waals surface area contributed by atoms with Crippen LogP contribution in [0.1, 0.15) is 19.3 Å². The zero-order valence-corrected chi connectivity index (χ0v) is 6.61. The topological polar surface area (TPSA) is 60.7 Å². The number of rotatable bonds is 3. The first kappa shape index (κ1) is 8.97. The predicted octanol–water partition coefficient (Wildman–Crippen LogP) is -0.252. The van der Waals surface area contributed by atoms with Gasteiger partial charge in [0.2, 0.25) is 0 Å². The maximum atomic E-state index is 9.34. The molecule has 11 heavy (non-hydrogen) atoms. The standard InChI is InChI=1S/C8H16O3/c9-4-3-6-1-2-8(11)7(6)5-10/h6-11H,1-5H2. The molecule has 1 aliphatic carbocycles. The Kier molecular flexibility index (Phi) is 3.30. The van der Waals surface area contributed by atoms with Crippen LogP contribution in [0.25, 0.3) is 0 Å².